The Balaban J connectivity index is 1.51. The molecular formula is C17H25N3O2. The van der Waals surface area contributed by atoms with E-state index in [1.807, 2.05) is 6.07 Å². The van der Waals surface area contributed by atoms with Gasteiger partial charge in [-0.1, -0.05) is 30.3 Å². The van der Waals surface area contributed by atoms with Crippen molar-refractivity contribution in [2.45, 2.75) is 50.5 Å². The van der Waals surface area contributed by atoms with Crippen molar-refractivity contribution in [2.75, 3.05) is 13.1 Å². The summed E-state index contributed by atoms with van der Waals surface area (Å²) in [6, 6.07) is 10.9. The summed E-state index contributed by atoms with van der Waals surface area (Å²) >= 11 is 0. The molecule has 22 heavy (non-hydrogen) atoms. The molecule has 120 valence electrons. The van der Waals surface area contributed by atoms with Crippen LogP contribution < -0.4 is 10.6 Å². The van der Waals surface area contributed by atoms with Crippen LogP contribution in [0.3, 0.4) is 0 Å². The monoisotopic (exact) mass is 303 g/mol. The summed E-state index contributed by atoms with van der Waals surface area (Å²) in [6.07, 6.45) is 1.10. The third-order valence-electron chi connectivity index (χ3n) is 4.70. The highest BCUT2D eigenvalue weighted by atomic mass is 16.3. The number of nitrogens with zero attached hydrogens (tertiary/aromatic N) is 1. The van der Waals surface area contributed by atoms with Crippen molar-refractivity contribution in [1.29, 1.82) is 0 Å². The molecule has 5 heteroatoms. The standard InChI is InChI=1S/C17H25N3O2/c1-12-7-14(19-17(22)16-8-15(21)9-18-16)11-20(12)10-13-5-3-2-4-6-13/h2-6,12,14-16,18,21H,7-11H2,1H3,(H,19,22). The average molecular weight is 303 g/mol. The van der Waals surface area contributed by atoms with Gasteiger partial charge in [-0.2, -0.15) is 0 Å². The molecule has 0 saturated carbocycles. The average Bonchev–Trinajstić information content (AvgIpc) is 3.07. The van der Waals surface area contributed by atoms with Gasteiger partial charge in [-0.3, -0.25) is 9.69 Å². The van der Waals surface area contributed by atoms with E-state index in [0.29, 0.717) is 19.0 Å². The molecule has 1 amide bonds. The third kappa shape index (κ3) is 3.66. The van der Waals surface area contributed by atoms with Crippen LogP contribution in [0.5, 0.6) is 0 Å². The number of hydrogen-bond acceptors (Lipinski definition) is 4. The molecule has 0 aliphatic carbocycles. The van der Waals surface area contributed by atoms with Crippen LogP contribution in [0.1, 0.15) is 25.3 Å². The van der Waals surface area contributed by atoms with Gasteiger partial charge in [0.1, 0.15) is 0 Å². The number of likely N-dealkylation sites (tertiary alicyclic amines) is 1. The summed E-state index contributed by atoms with van der Waals surface area (Å²) in [4.78, 5) is 14.6. The van der Waals surface area contributed by atoms with E-state index in [0.717, 1.165) is 19.5 Å². The largest absolute Gasteiger partial charge is 0.392 e. The molecule has 3 N–H and O–H groups in total. The highest BCUT2D eigenvalue weighted by molar-refractivity contribution is 5.82. The van der Waals surface area contributed by atoms with Crippen molar-refractivity contribution in [1.82, 2.24) is 15.5 Å². The number of nitrogens with one attached hydrogen (secondary N) is 2. The Labute approximate surface area is 131 Å². The SMILES string of the molecule is CC1CC(NC(=O)C2CC(O)CN2)CN1Cc1ccccc1. The molecule has 0 aromatic heterocycles. The minimum absolute atomic E-state index is 0.0234. The maximum Gasteiger partial charge on any atom is 0.237 e. The predicted octanol–water partition coefficient (Wildman–Crippen LogP) is 0.488. The van der Waals surface area contributed by atoms with Crippen LogP contribution in [0, 0.1) is 0 Å². The minimum Gasteiger partial charge on any atom is -0.392 e. The molecule has 5 nitrogen and oxygen atoms in total. The third-order valence-corrected chi connectivity index (χ3v) is 4.70. The molecule has 0 spiro atoms. The summed E-state index contributed by atoms with van der Waals surface area (Å²) in [6.45, 7) is 4.54. The highest BCUT2D eigenvalue weighted by Gasteiger charge is 2.33. The van der Waals surface area contributed by atoms with Gasteiger partial charge in [-0.25, -0.2) is 0 Å². The van der Waals surface area contributed by atoms with Crippen LogP contribution in [-0.2, 0) is 11.3 Å². The summed E-state index contributed by atoms with van der Waals surface area (Å²) in [7, 11) is 0. The molecule has 0 radical (unpaired) electrons. The quantitative estimate of drug-likeness (QED) is 0.757. The first-order valence-corrected chi connectivity index (χ1v) is 8.11. The number of β-amino-alcohol motifs (C(OH)–C–C–N with tert-alkyl or cyclic N) is 1. The lowest BCUT2D eigenvalue weighted by Gasteiger charge is -2.21. The van der Waals surface area contributed by atoms with Gasteiger partial charge in [0.15, 0.2) is 0 Å². The smallest absolute Gasteiger partial charge is 0.237 e. The second-order valence-electron chi connectivity index (χ2n) is 6.56. The van der Waals surface area contributed by atoms with Crippen molar-refractivity contribution >= 4 is 5.91 Å². The number of aliphatic hydroxyl groups excluding tert-OH is 1. The summed E-state index contributed by atoms with van der Waals surface area (Å²) in [5, 5.41) is 15.7. The molecule has 3 rings (SSSR count). The summed E-state index contributed by atoms with van der Waals surface area (Å²) in [5.41, 5.74) is 1.31. The highest BCUT2D eigenvalue weighted by Crippen LogP contribution is 2.20. The van der Waals surface area contributed by atoms with E-state index >= 15 is 0 Å². The van der Waals surface area contributed by atoms with E-state index < -0.39 is 6.10 Å². The van der Waals surface area contributed by atoms with Crippen LogP contribution in [-0.4, -0.2) is 53.2 Å². The molecule has 1 aromatic carbocycles. The lowest BCUT2D eigenvalue weighted by atomic mass is 10.1. The molecule has 4 atom stereocenters. The van der Waals surface area contributed by atoms with Gasteiger partial charge < -0.3 is 15.7 Å². The van der Waals surface area contributed by atoms with Crippen LogP contribution >= 0.6 is 0 Å². The number of aliphatic hydroxyl groups is 1. The zero-order valence-electron chi connectivity index (χ0n) is 13.0. The fourth-order valence-electron chi connectivity index (χ4n) is 3.46. The molecule has 2 heterocycles. The zero-order chi connectivity index (χ0) is 15.5. The second kappa shape index (κ2) is 6.77. The summed E-state index contributed by atoms with van der Waals surface area (Å²) < 4.78 is 0. The van der Waals surface area contributed by atoms with Crippen molar-refractivity contribution in [3.63, 3.8) is 0 Å². The number of benzene rings is 1. The van der Waals surface area contributed by atoms with Crippen molar-refractivity contribution in [3.05, 3.63) is 35.9 Å². The topological polar surface area (TPSA) is 64.6 Å². The number of carbonyl (C=O) groups is 1. The molecule has 2 fully saturated rings. The van der Waals surface area contributed by atoms with Gasteiger partial charge in [-0.05, 0) is 25.3 Å². The van der Waals surface area contributed by atoms with E-state index in [1.165, 1.54) is 5.56 Å². The Morgan fingerprint density at radius 2 is 2.14 bits per heavy atom. The van der Waals surface area contributed by atoms with Crippen LogP contribution in [0.25, 0.3) is 0 Å². The molecule has 2 saturated heterocycles. The van der Waals surface area contributed by atoms with Gasteiger partial charge in [-0.15, -0.1) is 0 Å². The maximum absolute atomic E-state index is 12.2. The Morgan fingerprint density at radius 3 is 2.82 bits per heavy atom. The lowest BCUT2D eigenvalue weighted by molar-refractivity contribution is -0.123. The van der Waals surface area contributed by atoms with Crippen molar-refractivity contribution in [2.24, 2.45) is 0 Å². The lowest BCUT2D eigenvalue weighted by Crippen LogP contribution is -2.46. The predicted molar refractivity (Wildman–Crippen MR) is 85.3 cm³/mol. The zero-order valence-corrected chi connectivity index (χ0v) is 13.0. The van der Waals surface area contributed by atoms with Gasteiger partial charge in [0.25, 0.3) is 0 Å². The van der Waals surface area contributed by atoms with Crippen molar-refractivity contribution in [3.8, 4) is 0 Å². The first kappa shape index (κ1) is 15.5. The molecular weight excluding hydrogens is 278 g/mol. The van der Waals surface area contributed by atoms with E-state index in [9.17, 15) is 9.90 Å². The normalized spacial score (nSPS) is 32.3. The van der Waals surface area contributed by atoms with Gasteiger partial charge in [0.05, 0.1) is 12.1 Å². The molecule has 2 aliphatic rings. The first-order chi connectivity index (χ1) is 10.6. The fraction of sp³-hybridized carbons (Fsp3) is 0.588. The number of carbonyl (C=O) groups excluding carboxylic acids is 1. The Bertz CT molecular complexity index is 508. The van der Waals surface area contributed by atoms with Gasteiger partial charge >= 0.3 is 0 Å². The summed E-state index contributed by atoms with van der Waals surface area (Å²) in [5.74, 6) is 0.0234. The Kier molecular flexibility index (Phi) is 4.76. The molecule has 2 aliphatic heterocycles. The van der Waals surface area contributed by atoms with E-state index in [-0.39, 0.29) is 18.0 Å². The Morgan fingerprint density at radius 1 is 1.36 bits per heavy atom. The molecule has 4 unspecified atom stereocenters. The van der Waals surface area contributed by atoms with E-state index in [2.05, 4.69) is 46.7 Å². The van der Waals surface area contributed by atoms with E-state index in [1.54, 1.807) is 0 Å². The second-order valence-corrected chi connectivity index (χ2v) is 6.56. The Hall–Kier alpha value is -1.43. The maximum atomic E-state index is 12.2. The van der Waals surface area contributed by atoms with Crippen LogP contribution in [0.4, 0.5) is 0 Å². The van der Waals surface area contributed by atoms with Gasteiger partial charge in [0, 0.05) is 31.7 Å². The first-order valence-electron chi connectivity index (χ1n) is 8.11. The van der Waals surface area contributed by atoms with Crippen LogP contribution in [0.2, 0.25) is 0 Å². The van der Waals surface area contributed by atoms with E-state index in [4.69, 9.17) is 0 Å². The van der Waals surface area contributed by atoms with Crippen molar-refractivity contribution < 1.29 is 9.90 Å². The fourth-order valence-corrected chi connectivity index (χ4v) is 3.46. The van der Waals surface area contributed by atoms with Crippen LogP contribution in [0.15, 0.2) is 30.3 Å². The molecule has 0 bridgehead atoms. The number of rotatable bonds is 4. The minimum atomic E-state index is -0.396. The van der Waals surface area contributed by atoms with Gasteiger partial charge in [0.2, 0.25) is 5.91 Å². The number of amides is 1. The number of hydrogen-bond donors (Lipinski definition) is 3. The molecule has 1 aromatic rings.